The van der Waals surface area contributed by atoms with Gasteiger partial charge in [-0.25, -0.2) is 27.0 Å². The molecule has 1 aliphatic rings. The number of dihydropyridines is 1. The molecular weight excluding hydrogens is 544 g/mol. The van der Waals surface area contributed by atoms with Crippen LogP contribution in [0.15, 0.2) is 88.2 Å². The number of aromatic nitrogens is 2. The molecular formula is C30H34N4O6S. The molecule has 0 bridgehead atoms. The van der Waals surface area contributed by atoms with E-state index in [0.717, 1.165) is 9.99 Å². The molecule has 4 rings (SSSR count). The fourth-order valence-electron chi connectivity index (χ4n) is 4.80. The molecule has 41 heavy (non-hydrogen) atoms. The summed E-state index contributed by atoms with van der Waals surface area (Å²) in [6.45, 7) is 7.25. The van der Waals surface area contributed by atoms with Crippen molar-refractivity contribution in [2.45, 2.75) is 38.5 Å². The van der Waals surface area contributed by atoms with Crippen LogP contribution in [0.25, 0.3) is 16.9 Å². The van der Waals surface area contributed by atoms with Crippen molar-refractivity contribution >= 4 is 22.0 Å². The molecule has 1 aliphatic heterocycles. The zero-order valence-corrected chi connectivity index (χ0v) is 24.8. The van der Waals surface area contributed by atoms with Crippen LogP contribution in [0, 0.1) is 0 Å². The first kappa shape index (κ1) is 29.8. The lowest BCUT2D eigenvalue weighted by atomic mass is 9.79. The third-order valence-electron chi connectivity index (χ3n) is 6.73. The normalized spacial score (nSPS) is 14.3. The molecule has 11 heteroatoms. The average Bonchev–Trinajstić information content (AvgIpc) is 3.38. The highest BCUT2D eigenvalue weighted by Gasteiger charge is 2.40. The fourth-order valence-corrected chi connectivity index (χ4v) is 5.70. The van der Waals surface area contributed by atoms with Crippen molar-refractivity contribution in [1.82, 2.24) is 19.4 Å². The summed E-state index contributed by atoms with van der Waals surface area (Å²) in [5.41, 5.74) is 4.02. The number of esters is 2. The number of hydrogen-bond acceptors (Lipinski definition) is 8. The Morgan fingerprint density at radius 3 is 1.93 bits per heavy atom. The van der Waals surface area contributed by atoms with Gasteiger partial charge in [-0.2, -0.15) is 5.10 Å². The third-order valence-corrected chi connectivity index (χ3v) is 8.56. The van der Waals surface area contributed by atoms with E-state index >= 15 is 0 Å². The Morgan fingerprint density at radius 2 is 1.44 bits per heavy atom. The minimum absolute atomic E-state index is 0.128. The van der Waals surface area contributed by atoms with Gasteiger partial charge in [-0.05, 0) is 52.0 Å². The minimum Gasteiger partial charge on any atom is -0.463 e. The molecule has 216 valence electrons. The number of nitrogens with zero attached hydrogens (tertiary/aromatic N) is 3. The molecule has 0 atom stereocenters. The smallest absolute Gasteiger partial charge is 0.336 e. The highest BCUT2D eigenvalue weighted by atomic mass is 32.2. The molecule has 2 heterocycles. The lowest BCUT2D eigenvalue weighted by molar-refractivity contribution is -0.139. The predicted octanol–water partition coefficient (Wildman–Crippen LogP) is 4.15. The van der Waals surface area contributed by atoms with Gasteiger partial charge >= 0.3 is 11.9 Å². The summed E-state index contributed by atoms with van der Waals surface area (Å²) in [5, 5.41) is 8.02. The van der Waals surface area contributed by atoms with E-state index in [4.69, 9.17) is 14.6 Å². The van der Waals surface area contributed by atoms with E-state index in [1.807, 2.05) is 30.3 Å². The number of rotatable bonds is 9. The van der Waals surface area contributed by atoms with Gasteiger partial charge in [-0.3, -0.25) is 0 Å². The van der Waals surface area contributed by atoms with Gasteiger partial charge in [0.2, 0.25) is 10.0 Å². The largest absolute Gasteiger partial charge is 0.463 e. The summed E-state index contributed by atoms with van der Waals surface area (Å²) < 4.78 is 39.1. The van der Waals surface area contributed by atoms with Gasteiger partial charge in [0, 0.05) is 42.8 Å². The second kappa shape index (κ2) is 12.1. The van der Waals surface area contributed by atoms with Crippen molar-refractivity contribution in [1.29, 1.82) is 0 Å². The second-order valence-electron chi connectivity index (χ2n) is 9.60. The van der Waals surface area contributed by atoms with Crippen LogP contribution >= 0.6 is 0 Å². The number of allylic oxidation sites excluding steroid dienone is 2. The van der Waals surface area contributed by atoms with E-state index in [1.165, 1.54) is 26.2 Å². The van der Waals surface area contributed by atoms with Crippen molar-refractivity contribution in [2.24, 2.45) is 0 Å². The first-order valence-corrected chi connectivity index (χ1v) is 14.7. The van der Waals surface area contributed by atoms with Crippen LogP contribution < -0.4 is 5.32 Å². The molecule has 0 aliphatic carbocycles. The number of sulfonamides is 1. The molecule has 0 saturated heterocycles. The number of para-hydroxylation sites is 1. The first-order valence-electron chi connectivity index (χ1n) is 13.2. The van der Waals surface area contributed by atoms with Crippen molar-refractivity contribution in [2.75, 3.05) is 27.3 Å². The topological polar surface area (TPSA) is 120 Å². The van der Waals surface area contributed by atoms with Gasteiger partial charge in [-0.1, -0.05) is 30.3 Å². The molecule has 0 amide bonds. The lowest BCUT2D eigenvalue weighted by Crippen LogP contribution is -2.32. The number of ether oxygens (including phenoxy) is 2. The van der Waals surface area contributed by atoms with Gasteiger partial charge < -0.3 is 14.8 Å². The molecule has 1 aromatic heterocycles. The molecule has 3 aromatic rings. The summed E-state index contributed by atoms with van der Waals surface area (Å²) in [5.74, 6) is -2.00. The maximum atomic E-state index is 13.4. The Morgan fingerprint density at radius 1 is 0.902 bits per heavy atom. The highest BCUT2D eigenvalue weighted by Crippen LogP contribution is 2.43. The monoisotopic (exact) mass is 578 g/mol. The van der Waals surface area contributed by atoms with Crippen LogP contribution in [-0.2, 0) is 29.1 Å². The highest BCUT2D eigenvalue weighted by molar-refractivity contribution is 7.89. The van der Waals surface area contributed by atoms with Crippen LogP contribution in [0.2, 0.25) is 0 Å². The Bertz CT molecular complexity index is 1580. The van der Waals surface area contributed by atoms with Gasteiger partial charge in [0.05, 0.1) is 46.6 Å². The molecule has 10 nitrogen and oxygen atoms in total. The molecule has 0 fully saturated rings. The summed E-state index contributed by atoms with van der Waals surface area (Å²) in [4.78, 5) is 26.9. The van der Waals surface area contributed by atoms with E-state index in [2.05, 4.69) is 5.32 Å². The Kier molecular flexibility index (Phi) is 8.79. The van der Waals surface area contributed by atoms with Crippen molar-refractivity contribution < 1.29 is 27.5 Å². The van der Waals surface area contributed by atoms with E-state index in [9.17, 15) is 18.0 Å². The number of carbonyl (C=O) groups is 2. The third kappa shape index (κ3) is 5.82. The van der Waals surface area contributed by atoms with Crippen LogP contribution in [0.5, 0.6) is 0 Å². The fraction of sp³-hybridized carbons (Fsp3) is 0.300. The summed E-state index contributed by atoms with van der Waals surface area (Å²) in [6, 6.07) is 15.8. The molecule has 1 N–H and O–H groups in total. The Balaban J connectivity index is 2.00. The number of nitrogens with one attached hydrogen (secondary N) is 1. The summed E-state index contributed by atoms with van der Waals surface area (Å²) in [6.07, 6.45) is 1.78. The van der Waals surface area contributed by atoms with Crippen LogP contribution in [-0.4, -0.2) is 61.8 Å². The molecule has 0 unspecified atom stereocenters. The first-order chi connectivity index (χ1) is 19.5. The Labute approximate surface area is 240 Å². The SMILES string of the molecule is CCOC(=O)C1=C(C)NC(C)=C(C(=O)OCC)C1c1cn(-c2ccccc2)nc1-c1ccc(S(=O)(=O)N(C)C)cc1. The maximum absolute atomic E-state index is 13.4. The van der Waals surface area contributed by atoms with Crippen molar-refractivity contribution in [3.05, 3.63) is 88.9 Å². The van der Waals surface area contributed by atoms with Gasteiger partial charge in [-0.15, -0.1) is 0 Å². The molecule has 2 aromatic carbocycles. The van der Waals surface area contributed by atoms with Crippen LogP contribution in [0.1, 0.15) is 39.2 Å². The number of hydrogen-bond donors (Lipinski definition) is 1. The van der Waals surface area contributed by atoms with E-state index in [1.54, 1.807) is 50.7 Å². The van der Waals surface area contributed by atoms with Gasteiger partial charge in [0.15, 0.2) is 0 Å². The van der Waals surface area contributed by atoms with E-state index < -0.39 is 27.9 Å². The maximum Gasteiger partial charge on any atom is 0.336 e. The van der Waals surface area contributed by atoms with Gasteiger partial charge in [0.1, 0.15) is 0 Å². The number of benzene rings is 2. The number of carbonyl (C=O) groups excluding carboxylic acids is 2. The quantitative estimate of drug-likeness (QED) is 0.376. The Hall–Kier alpha value is -4.22. The molecule has 0 saturated carbocycles. The zero-order valence-electron chi connectivity index (χ0n) is 24.0. The minimum atomic E-state index is -3.65. The summed E-state index contributed by atoms with van der Waals surface area (Å²) in [7, 11) is -0.711. The van der Waals surface area contributed by atoms with Crippen molar-refractivity contribution in [3.8, 4) is 16.9 Å². The summed E-state index contributed by atoms with van der Waals surface area (Å²) >= 11 is 0. The zero-order chi connectivity index (χ0) is 29.9. The van der Waals surface area contributed by atoms with Crippen LogP contribution in [0.4, 0.5) is 0 Å². The second-order valence-corrected chi connectivity index (χ2v) is 11.8. The lowest BCUT2D eigenvalue weighted by Gasteiger charge is -2.30. The van der Waals surface area contributed by atoms with E-state index in [-0.39, 0.29) is 29.3 Å². The van der Waals surface area contributed by atoms with Crippen LogP contribution in [0.3, 0.4) is 0 Å². The molecule has 0 spiro atoms. The van der Waals surface area contributed by atoms with Gasteiger partial charge in [0.25, 0.3) is 0 Å². The predicted molar refractivity (Wildman–Crippen MR) is 154 cm³/mol. The standard InChI is InChI=1S/C30H34N4O6S/c1-7-39-29(35)25-19(3)31-20(4)26(30(36)40-8-2)27(25)24-18-34(22-12-10-9-11-13-22)32-28(24)21-14-16-23(17-15-21)41(37,38)33(5)6/h9-18,27,31H,7-8H2,1-6H3. The van der Waals surface area contributed by atoms with Crippen molar-refractivity contribution in [3.63, 3.8) is 0 Å². The van der Waals surface area contributed by atoms with E-state index in [0.29, 0.717) is 28.2 Å². The molecule has 0 radical (unpaired) electrons. The average molecular weight is 579 g/mol.